The number of benzene rings is 1. The molecule has 2 aromatic rings. The lowest BCUT2D eigenvalue weighted by Gasteiger charge is -2.06. The summed E-state index contributed by atoms with van der Waals surface area (Å²) in [6.07, 6.45) is 2.46. The Bertz CT molecular complexity index is 898. The van der Waals surface area contributed by atoms with Gasteiger partial charge >= 0.3 is 0 Å². The van der Waals surface area contributed by atoms with Gasteiger partial charge in [-0.3, -0.25) is 10.2 Å². The molecule has 1 aliphatic heterocycles. The molecular weight excluding hydrogens is 356 g/mol. The second-order valence-electron chi connectivity index (χ2n) is 5.14. The highest BCUT2D eigenvalue weighted by molar-refractivity contribution is 8.19. The van der Waals surface area contributed by atoms with E-state index in [4.69, 9.17) is 15.4 Å². The van der Waals surface area contributed by atoms with Gasteiger partial charge in [-0.1, -0.05) is 36.9 Å². The second kappa shape index (κ2) is 7.59. The van der Waals surface area contributed by atoms with Gasteiger partial charge in [-0.25, -0.2) is 0 Å². The van der Waals surface area contributed by atoms with Crippen LogP contribution in [0.5, 0.6) is 5.75 Å². The smallest absolute Gasteiger partial charge is 0.186 e. The van der Waals surface area contributed by atoms with E-state index in [0.717, 1.165) is 23.2 Å². The van der Waals surface area contributed by atoms with Crippen LogP contribution in [0.25, 0.3) is 6.08 Å². The number of ketones is 1. The molecule has 1 aliphatic rings. The lowest BCUT2D eigenvalue weighted by molar-refractivity contribution is -0.114. The number of nitrogens with one attached hydrogen (secondary N) is 1. The van der Waals surface area contributed by atoms with Gasteiger partial charge in [-0.05, 0) is 18.6 Å². The van der Waals surface area contributed by atoms with Crippen LogP contribution in [0.15, 0.2) is 29.2 Å². The number of aromatic nitrogens is 2. The molecule has 0 radical (unpaired) electrons. The minimum atomic E-state index is -0.666. The van der Waals surface area contributed by atoms with Crippen LogP contribution < -0.4 is 4.74 Å². The number of para-hydroxylation sites is 1. The molecule has 8 heteroatoms. The zero-order valence-electron chi connectivity index (χ0n) is 13.4. The van der Waals surface area contributed by atoms with E-state index in [9.17, 15) is 4.79 Å². The van der Waals surface area contributed by atoms with Crippen LogP contribution >= 0.6 is 23.1 Å². The van der Waals surface area contributed by atoms with E-state index < -0.39 is 5.92 Å². The fourth-order valence-corrected chi connectivity index (χ4v) is 4.27. The number of hydrogen-bond donors (Lipinski definition) is 1. The first-order chi connectivity index (χ1) is 12.1. The molecule has 0 aliphatic carbocycles. The molecule has 1 unspecified atom stereocenters. The average molecular weight is 370 g/mol. The Morgan fingerprint density at radius 2 is 2.20 bits per heavy atom. The average Bonchev–Trinajstić information content (AvgIpc) is 3.18. The van der Waals surface area contributed by atoms with Gasteiger partial charge in [0.1, 0.15) is 27.8 Å². The van der Waals surface area contributed by atoms with E-state index in [-0.39, 0.29) is 17.4 Å². The van der Waals surface area contributed by atoms with Crippen LogP contribution in [0.2, 0.25) is 0 Å². The van der Waals surface area contributed by atoms with Crippen LogP contribution in [0.1, 0.15) is 28.4 Å². The van der Waals surface area contributed by atoms with Crippen LogP contribution in [0.4, 0.5) is 0 Å². The number of aryl methyl sites for hydroxylation is 1. The van der Waals surface area contributed by atoms with Gasteiger partial charge < -0.3 is 4.74 Å². The van der Waals surface area contributed by atoms with Crippen molar-refractivity contribution in [2.24, 2.45) is 0 Å². The van der Waals surface area contributed by atoms with Gasteiger partial charge in [0.25, 0.3) is 0 Å². The van der Waals surface area contributed by atoms with Crippen molar-refractivity contribution >= 4 is 40.0 Å². The van der Waals surface area contributed by atoms with Crippen molar-refractivity contribution in [2.45, 2.75) is 19.3 Å². The quantitative estimate of drug-likeness (QED) is 0.810. The monoisotopic (exact) mass is 370 g/mol. The Hall–Kier alpha value is -2.50. The topological polar surface area (TPSA) is 99.7 Å². The third kappa shape index (κ3) is 3.62. The first kappa shape index (κ1) is 17.3. The summed E-state index contributed by atoms with van der Waals surface area (Å²) in [6, 6.07) is 9.11. The number of hydrogen-bond acceptors (Lipinski definition) is 8. The predicted octanol–water partition coefficient (Wildman–Crippen LogP) is 3.42. The minimum Gasteiger partial charge on any atom is -0.478 e. The molecule has 1 saturated heterocycles. The van der Waals surface area contributed by atoms with E-state index in [0.29, 0.717) is 21.2 Å². The zero-order chi connectivity index (χ0) is 17.8. The summed E-state index contributed by atoms with van der Waals surface area (Å²) in [7, 11) is 0. The largest absolute Gasteiger partial charge is 0.478 e. The highest BCUT2D eigenvalue weighted by atomic mass is 32.2. The molecule has 3 rings (SSSR count). The van der Waals surface area contributed by atoms with Crippen molar-refractivity contribution < 1.29 is 9.53 Å². The number of nitriles is 1. The highest BCUT2D eigenvalue weighted by Gasteiger charge is 2.39. The predicted molar refractivity (Wildman–Crippen MR) is 97.9 cm³/mol. The lowest BCUT2D eigenvalue weighted by atomic mass is 10.0. The molecule has 0 spiro atoms. The maximum Gasteiger partial charge on any atom is 0.186 e. The lowest BCUT2D eigenvalue weighted by Crippen LogP contribution is -2.11. The molecule has 0 amide bonds. The summed E-state index contributed by atoms with van der Waals surface area (Å²) in [5.74, 6) is -0.283. The summed E-state index contributed by atoms with van der Waals surface area (Å²) < 4.78 is 5.39. The van der Waals surface area contributed by atoms with E-state index in [2.05, 4.69) is 10.2 Å². The van der Waals surface area contributed by atoms with E-state index in [1.807, 2.05) is 25.1 Å². The Labute approximate surface area is 153 Å². The molecule has 1 aromatic carbocycles. The Morgan fingerprint density at radius 1 is 1.40 bits per heavy atom. The van der Waals surface area contributed by atoms with Crippen LogP contribution in [-0.2, 0) is 11.2 Å². The number of allylic oxidation sites excluding steroid dienone is 1. The van der Waals surface area contributed by atoms with Crippen LogP contribution in [0, 0.1) is 16.7 Å². The molecule has 0 bridgehead atoms. The van der Waals surface area contributed by atoms with Crippen molar-refractivity contribution in [3.05, 3.63) is 44.7 Å². The van der Waals surface area contributed by atoms with Crippen molar-refractivity contribution in [1.82, 2.24) is 10.2 Å². The number of nitrogens with zero attached hydrogens (tertiary/aromatic N) is 3. The number of thioether (sulfide) groups is 1. The Kier molecular flexibility index (Phi) is 5.26. The van der Waals surface area contributed by atoms with Gasteiger partial charge in [0.2, 0.25) is 0 Å². The van der Waals surface area contributed by atoms with E-state index in [1.54, 1.807) is 18.2 Å². The Balaban J connectivity index is 1.90. The second-order valence-corrected chi connectivity index (χ2v) is 7.32. The number of carbonyl (C=O) groups excluding carboxylic acids is 1. The number of Topliss-reactive ketones (excluding diaryl/α,β-unsaturated/α-hetero) is 1. The zero-order valence-corrected chi connectivity index (χ0v) is 15.0. The molecular formula is C17H14N4O2S2. The molecule has 6 nitrogen and oxygen atoms in total. The number of ether oxygens (including phenoxy) is 1. The van der Waals surface area contributed by atoms with Gasteiger partial charge in [-0.2, -0.15) is 5.26 Å². The standard InChI is InChI=1S/C17H14N4O2S2/c1-2-13-20-21-17(25-13)14-15(22)12(24-16(14)19)9-10-5-3-4-6-11(10)23-8-7-18/h3-6,9,14,19H,2,8H2,1H3. The van der Waals surface area contributed by atoms with Crippen molar-refractivity contribution in [1.29, 1.82) is 10.7 Å². The molecule has 1 fully saturated rings. The third-order valence-corrected chi connectivity index (χ3v) is 5.64. The van der Waals surface area contributed by atoms with E-state index in [1.165, 1.54) is 11.3 Å². The first-order valence-corrected chi connectivity index (χ1v) is 9.20. The normalized spacial score (nSPS) is 18.6. The van der Waals surface area contributed by atoms with Crippen LogP contribution in [0.3, 0.4) is 0 Å². The fraction of sp³-hybridized carbons (Fsp3) is 0.235. The SMILES string of the molecule is CCc1nnc(C2C(=N)SC(=Cc3ccccc3OCC#N)C2=O)s1. The molecule has 126 valence electrons. The molecule has 1 N–H and O–H groups in total. The molecule has 2 heterocycles. The number of rotatable bonds is 5. The van der Waals surface area contributed by atoms with Crippen molar-refractivity contribution in [3.8, 4) is 11.8 Å². The summed E-state index contributed by atoms with van der Waals surface area (Å²) in [4.78, 5) is 13.2. The van der Waals surface area contributed by atoms with Gasteiger partial charge in [0, 0.05) is 5.56 Å². The van der Waals surface area contributed by atoms with E-state index >= 15 is 0 Å². The maximum atomic E-state index is 12.8. The van der Waals surface area contributed by atoms with Gasteiger partial charge in [-0.15, -0.1) is 21.5 Å². The summed E-state index contributed by atoms with van der Waals surface area (Å²) in [5, 5.41) is 26.6. The molecule has 1 aromatic heterocycles. The van der Waals surface area contributed by atoms with Gasteiger partial charge in [0.05, 0.1) is 9.95 Å². The summed E-state index contributed by atoms with van der Waals surface area (Å²) >= 11 is 2.51. The minimum absolute atomic E-state index is 0.0652. The van der Waals surface area contributed by atoms with Crippen molar-refractivity contribution in [3.63, 3.8) is 0 Å². The maximum absolute atomic E-state index is 12.8. The molecule has 25 heavy (non-hydrogen) atoms. The molecule has 0 saturated carbocycles. The molecule has 1 atom stereocenters. The fourth-order valence-electron chi connectivity index (χ4n) is 2.32. The first-order valence-electron chi connectivity index (χ1n) is 7.57. The number of carbonyl (C=O) groups is 1. The summed E-state index contributed by atoms with van der Waals surface area (Å²) in [5.41, 5.74) is 0.702. The van der Waals surface area contributed by atoms with Gasteiger partial charge in [0.15, 0.2) is 12.4 Å². The third-order valence-electron chi connectivity index (χ3n) is 3.52. The van der Waals surface area contributed by atoms with Crippen molar-refractivity contribution in [2.75, 3.05) is 6.61 Å². The summed E-state index contributed by atoms with van der Waals surface area (Å²) in [6.45, 7) is 1.91. The van der Waals surface area contributed by atoms with Crippen LogP contribution in [-0.4, -0.2) is 27.6 Å². The highest BCUT2D eigenvalue weighted by Crippen LogP contribution is 2.42. The Morgan fingerprint density at radius 3 is 2.92 bits per heavy atom.